The number of nitrogens with zero attached hydrogens (tertiary/aromatic N) is 1. The van der Waals surface area contributed by atoms with Crippen LogP contribution >= 0.6 is 0 Å². The molecule has 46 heavy (non-hydrogen) atoms. The van der Waals surface area contributed by atoms with Gasteiger partial charge in [0.05, 0.1) is 26.4 Å². The van der Waals surface area contributed by atoms with Crippen molar-refractivity contribution in [2.75, 3.05) is 4.90 Å². The maximum absolute atomic E-state index is 9.70. The lowest BCUT2D eigenvalue weighted by Crippen LogP contribution is -2.46. The molecule has 7 aromatic carbocycles. The van der Waals surface area contributed by atoms with E-state index in [4.69, 9.17) is 9.90 Å². The van der Waals surface area contributed by atoms with Crippen molar-refractivity contribution < 1.29 is 14.0 Å². The summed E-state index contributed by atoms with van der Waals surface area (Å²) < 4.78 is 68.5. The highest BCUT2D eigenvalue weighted by Crippen LogP contribution is 2.68. The van der Waals surface area contributed by atoms with Gasteiger partial charge in [-0.15, -0.1) is 0 Å². The molecule has 1 aliphatic heterocycles. The molecule has 12 rings (SSSR count). The van der Waals surface area contributed by atoms with Crippen LogP contribution in [-0.4, -0.2) is 0 Å². The minimum Gasteiger partial charge on any atom is -0.456 e. The quantitative estimate of drug-likeness (QED) is 0.199. The molecule has 1 spiro atoms. The highest BCUT2D eigenvalue weighted by atomic mass is 16.3. The van der Waals surface area contributed by atoms with Crippen molar-refractivity contribution in [2.45, 2.75) is 11.3 Å². The Hall–Kier alpha value is -5.86. The van der Waals surface area contributed by atoms with Gasteiger partial charge in [-0.05, 0) is 86.4 Å². The molecule has 2 bridgehead atoms. The number of hydrogen-bond acceptors (Lipinski definition) is 2. The van der Waals surface area contributed by atoms with Crippen molar-refractivity contribution in [1.29, 1.82) is 0 Å². The fraction of sp³-hybridized carbons (Fsp3) is 0.0455. The van der Waals surface area contributed by atoms with Crippen LogP contribution in [0.1, 0.15) is 54.5 Å². The van der Waals surface area contributed by atoms with E-state index in [-0.39, 0.29) is 63.8 Å². The Kier molecular flexibility index (Phi) is 3.54. The Morgan fingerprint density at radius 3 is 2.11 bits per heavy atom. The van der Waals surface area contributed by atoms with Crippen LogP contribution in [0, 0.1) is 0 Å². The van der Waals surface area contributed by atoms with Crippen molar-refractivity contribution in [3.63, 3.8) is 0 Å². The molecule has 0 N–H and O–H groups in total. The van der Waals surface area contributed by atoms with E-state index in [0.29, 0.717) is 0 Å². The van der Waals surface area contributed by atoms with E-state index in [9.17, 15) is 4.11 Å². The number of benzene rings is 7. The summed E-state index contributed by atoms with van der Waals surface area (Å²) in [5.41, 5.74) is 11.0. The number of anilines is 3. The van der Waals surface area contributed by atoms with Gasteiger partial charge in [-0.1, -0.05) is 115 Å². The highest BCUT2D eigenvalue weighted by molar-refractivity contribution is 6.06. The van der Waals surface area contributed by atoms with E-state index in [1.54, 1.807) is 0 Å². The molecule has 0 saturated heterocycles. The van der Waals surface area contributed by atoms with Crippen LogP contribution < -0.4 is 4.90 Å². The molecule has 0 unspecified atom stereocenters. The highest BCUT2D eigenvalue weighted by Gasteiger charge is 2.57. The SMILES string of the molecule is [2H]c1c([2H])c([2H])c2c(oc3c([2H])c(N4c5ccc(-c6ccccc6)cc5C56c7ccccc7C(c7ccccc75)c5cccc4c56)c([2H])c([2H])c32)c1[2H]. The van der Waals surface area contributed by atoms with Crippen LogP contribution in [0.4, 0.5) is 17.1 Å². The molecular formula is C44H27NO. The third-order valence-corrected chi connectivity index (χ3v) is 10.2. The van der Waals surface area contributed by atoms with Crippen LogP contribution in [0.25, 0.3) is 33.1 Å². The van der Waals surface area contributed by atoms with Gasteiger partial charge in [0.25, 0.3) is 0 Å². The second-order valence-electron chi connectivity index (χ2n) is 12.3. The minimum absolute atomic E-state index is 0.0117. The van der Waals surface area contributed by atoms with E-state index in [1.165, 1.54) is 22.3 Å². The first-order valence-corrected chi connectivity index (χ1v) is 15.5. The van der Waals surface area contributed by atoms with Crippen molar-refractivity contribution in [3.05, 3.63) is 197 Å². The zero-order chi connectivity index (χ0) is 36.1. The first kappa shape index (κ1) is 18.8. The molecule has 2 heteroatoms. The lowest BCUT2D eigenvalue weighted by molar-refractivity contribution is 0.622. The molecule has 2 heterocycles. The van der Waals surface area contributed by atoms with E-state index in [2.05, 4.69) is 84.9 Å². The lowest BCUT2D eigenvalue weighted by Gasteiger charge is -2.55. The van der Waals surface area contributed by atoms with Gasteiger partial charge in [-0.3, -0.25) is 0 Å². The fourth-order valence-electron chi connectivity index (χ4n) is 8.53. The summed E-state index contributed by atoms with van der Waals surface area (Å²) in [5, 5.41) is 0.0496. The predicted octanol–water partition coefficient (Wildman–Crippen LogP) is 11.2. The Morgan fingerprint density at radius 2 is 1.28 bits per heavy atom. The molecule has 8 aromatic rings. The second kappa shape index (κ2) is 8.65. The molecule has 0 radical (unpaired) electrons. The average Bonchev–Trinajstić information content (AvgIpc) is 3.61. The number of para-hydroxylation sites is 1. The Balaban J connectivity index is 1.30. The Morgan fingerprint density at radius 1 is 0.565 bits per heavy atom. The first-order valence-electron chi connectivity index (χ1n) is 19.0. The summed E-state index contributed by atoms with van der Waals surface area (Å²) in [5.74, 6) is -0.0282. The summed E-state index contributed by atoms with van der Waals surface area (Å²) >= 11 is 0. The topological polar surface area (TPSA) is 16.4 Å². The molecular weight excluding hydrogens is 558 g/mol. The third-order valence-electron chi connectivity index (χ3n) is 10.2. The smallest absolute Gasteiger partial charge is 0.137 e. The van der Waals surface area contributed by atoms with Crippen molar-refractivity contribution >= 4 is 39.0 Å². The van der Waals surface area contributed by atoms with Gasteiger partial charge in [0.1, 0.15) is 11.2 Å². The van der Waals surface area contributed by atoms with Gasteiger partial charge in [-0.2, -0.15) is 0 Å². The molecule has 2 nitrogen and oxygen atoms in total. The van der Waals surface area contributed by atoms with Gasteiger partial charge in [0.15, 0.2) is 0 Å². The van der Waals surface area contributed by atoms with E-state index >= 15 is 0 Å². The number of rotatable bonds is 2. The van der Waals surface area contributed by atoms with Crippen molar-refractivity contribution in [3.8, 4) is 11.1 Å². The normalized spacial score (nSPS) is 20.4. The Bertz CT molecular complexity index is 2910. The number of hydrogen-bond donors (Lipinski definition) is 0. The molecule has 0 amide bonds. The van der Waals surface area contributed by atoms with E-state index < -0.39 is 17.5 Å². The zero-order valence-electron chi connectivity index (χ0n) is 31.4. The van der Waals surface area contributed by atoms with E-state index in [0.717, 1.165) is 39.2 Å². The maximum atomic E-state index is 9.70. The van der Waals surface area contributed by atoms with Crippen molar-refractivity contribution in [2.24, 2.45) is 0 Å². The summed E-state index contributed by atoms with van der Waals surface area (Å²) in [4.78, 5) is 1.94. The molecule has 1 aromatic heterocycles. The average molecular weight is 593 g/mol. The Labute approximate surface area is 276 Å². The number of fused-ring (bicyclic) bond motifs is 4. The van der Waals surface area contributed by atoms with Gasteiger partial charge < -0.3 is 9.32 Å². The van der Waals surface area contributed by atoms with Crippen LogP contribution in [-0.2, 0) is 5.41 Å². The van der Waals surface area contributed by atoms with Gasteiger partial charge in [0.2, 0.25) is 0 Å². The van der Waals surface area contributed by atoms with Crippen molar-refractivity contribution in [1.82, 2.24) is 0 Å². The van der Waals surface area contributed by atoms with Gasteiger partial charge >= 0.3 is 0 Å². The van der Waals surface area contributed by atoms with Crippen LogP contribution in [0.5, 0.6) is 0 Å². The van der Waals surface area contributed by atoms with Crippen LogP contribution in [0.2, 0.25) is 0 Å². The molecule has 3 aliphatic carbocycles. The third kappa shape index (κ3) is 2.88. The molecule has 4 aliphatic rings. The standard InChI is InChI=1S/C44H27NO/c1-2-11-27(12-3-1)28-21-24-38-37(25-28)44-35-17-7-4-14-32(35)42(33-15-5-8-18-36(33)44)34-16-10-19-39(43(34)44)45(38)29-22-23-31-30-13-6-9-20-40(30)46-41(31)26-29/h1-26,42H/i6D,9D,13D,20D,22D,23D,26D. The lowest BCUT2D eigenvalue weighted by atomic mass is 9.49. The molecule has 214 valence electrons. The summed E-state index contributed by atoms with van der Waals surface area (Å²) in [6.07, 6.45) is 0. The summed E-state index contributed by atoms with van der Waals surface area (Å²) in [6.45, 7) is 0. The number of furan rings is 1. The zero-order valence-corrected chi connectivity index (χ0v) is 24.4. The fourth-order valence-corrected chi connectivity index (χ4v) is 8.53. The minimum atomic E-state index is -0.725. The molecule has 0 saturated carbocycles. The second-order valence-corrected chi connectivity index (χ2v) is 12.3. The predicted molar refractivity (Wildman–Crippen MR) is 187 cm³/mol. The summed E-state index contributed by atoms with van der Waals surface area (Å²) in [7, 11) is 0. The van der Waals surface area contributed by atoms with Gasteiger partial charge in [0, 0.05) is 28.4 Å². The van der Waals surface area contributed by atoms with Gasteiger partial charge in [-0.25, -0.2) is 0 Å². The summed E-state index contributed by atoms with van der Waals surface area (Å²) in [6, 6.07) is 37.9. The van der Waals surface area contributed by atoms with Crippen LogP contribution in [0.15, 0.2) is 162 Å². The first-order chi connectivity index (χ1) is 25.7. The largest absolute Gasteiger partial charge is 0.456 e. The monoisotopic (exact) mass is 592 g/mol. The van der Waals surface area contributed by atoms with Crippen LogP contribution in [0.3, 0.4) is 0 Å². The molecule has 0 atom stereocenters. The van der Waals surface area contributed by atoms with E-state index in [1.807, 2.05) is 35.2 Å². The maximum Gasteiger partial charge on any atom is 0.137 e. The molecule has 0 fully saturated rings.